The van der Waals surface area contributed by atoms with Gasteiger partial charge in [-0.25, -0.2) is 0 Å². The van der Waals surface area contributed by atoms with Crippen molar-refractivity contribution >= 4 is 5.91 Å². The molecule has 0 aromatic carbocycles. The van der Waals surface area contributed by atoms with Gasteiger partial charge in [0, 0.05) is 43.2 Å². The van der Waals surface area contributed by atoms with Crippen LogP contribution >= 0.6 is 0 Å². The van der Waals surface area contributed by atoms with E-state index >= 15 is 0 Å². The molecule has 0 unspecified atom stereocenters. The molecule has 1 aromatic heterocycles. The molecule has 0 atom stereocenters. The van der Waals surface area contributed by atoms with Crippen molar-refractivity contribution in [3.05, 3.63) is 17.5 Å². The molecule has 1 N–H and O–H groups in total. The number of hydrogen-bond donors (Lipinski definition) is 1. The number of amides is 1. The van der Waals surface area contributed by atoms with E-state index in [0.29, 0.717) is 32.4 Å². The first-order valence-electron chi connectivity index (χ1n) is 9.07. The average molecular weight is 371 g/mol. The number of halogens is 3. The van der Waals surface area contributed by atoms with Crippen molar-refractivity contribution in [1.82, 2.24) is 14.7 Å². The van der Waals surface area contributed by atoms with Crippen LogP contribution in [0.5, 0.6) is 0 Å². The van der Waals surface area contributed by atoms with Gasteiger partial charge in [0.05, 0.1) is 5.60 Å². The first-order chi connectivity index (χ1) is 12.0. The van der Waals surface area contributed by atoms with E-state index < -0.39 is 17.5 Å². The predicted molar refractivity (Wildman–Crippen MR) is 87.0 cm³/mol. The zero-order valence-electron chi connectivity index (χ0n) is 15.0. The monoisotopic (exact) mass is 371 g/mol. The Balaban J connectivity index is 1.28. The van der Waals surface area contributed by atoms with Crippen molar-refractivity contribution in [2.24, 2.45) is 24.3 Å². The van der Waals surface area contributed by atoms with Crippen LogP contribution in [0, 0.1) is 17.3 Å². The number of carbonyl (C=O) groups is 1. The van der Waals surface area contributed by atoms with Gasteiger partial charge < -0.3 is 10.0 Å². The third kappa shape index (κ3) is 3.02. The third-order valence-electron chi connectivity index (χ3n) is 6.21. The minimum atomic E-state index is -4.41. The summed E-state index contributed by atoms with van der Waals surface area (Å²) in [4.78, 5) is 14.2. The van der Waals surface area contributed by atoms with E-state index in [9.17, 15) is 23.1 Å². The minimum Gasteiger partial charge on any atom is -0.390 e. The lowest BCUT2D eigenvalue weighted by atomic mass is 9.56. The van der Waals surface area contributed by atoms with Gasteiger partial charge in [0.25, 0.3) is 0 Å². The highest BCUT2D eigenvalue weighted by atomic mass is 19.4. The Hall–Kier alpha value is -1.57. The first-order valence-corrected chi connectivity index (χ1v) is 9.07. The van der Waals surface area contributed by atoms with Gasteiger partial charge in [-0.15, -0.1) is 0 Å². The lowest BCUT2D eigenvalue weighted by Crippen LogP contribution is -2.66. The molecule has 2 heterocycles. The molecule has 1 spiro atoms. The second kappa shape index (κ2) is 5.47. The Morgan fingerprint density at radius 1 is 1.31 bits per heavy atom. The van der Waals surface area contributed by atoms with Gasteiger partial charge in [-0.2, -0.15) is 18.3 Å². The number of alkyl halides is 3. The Morgan fingerprint density at radius 2 is 1.92 bits per heavy atom. The summed E-state index contributed by atoms with van der Waals surface area (Å²) < 4.78 is 40.3. The normalized spacial score (nSPS) is 30.7. The van der Waals surface area contributed by atoms with Crippen molar-refractivity contribution in [3.63, 3.8) is 0 Å². The van der Waals surface area contributed by atoms with E-state index in [2.05, 4.69) is 5.10 Å². The molecule has 3 aliphatic rings. The van der Waals surface area contributed by atoms with E-state index in [4.69, 9.17) is 0 Å². The van der Waals surface area contributed by atoms with Gasteiger partial charge in [-0.1, -0.05) is 0 Å². The SMILES string of the molecule is Cn1cc(CC2CC3(C2)CN(C(=O)C2CC(C)(O)C2)C3)c(C(F)(F)F)n1. The van der Waals surface area contributed by atoms with Gasteiger partial charge in [-0.05, 0) is 44.9 Å². The van der Waals surface area contributed by atoms with Gasteiger partial charge in [-0.3, -0.25) is 9.48 Å². The quantitative estimate of drug-likeness (QED) is 0.888. The van der Waals surface area contributed by atoms with E-state index in [-0.39, 0.29) is 28.7 Å². The fraction of sp³-hybridized carbons (Fsp3) is 0.778. The Labute approximate surface area is 150 Å². The highest BCUT2D eigenvalue weighted by Crippen LogP contribution is 2.54. The molecule has 2 aliphatic carbocycles. The molecule has 3 fully saturated rings. The Bertz CT molecular complexity index is 719. The Kier molecular flexibility index (Phi) is 3.75. The second-order valence-electron chi connectivity index (χ2n) is 8.95. The fourth-order valence-electron chi connectivity index (χ4n) is 5.16. The maximum atomic E-state index is 13.0. The summed E-state index contributed by atoms with van der Waals surface area (Å²) in [6.45, 7) is 3.17. The summed E-state index contributed by atoms with van der Waals surface area (Å²) in [6.07, 6.45) is 0.230. The van der Waals surface area contributed by atoms with Gasteiger partial charge >= 0.3 is 6.18 Å². The summed E-state index contributed by atoms with van der Waals surface area (Å²) in [6, 6.07) is 0. The third-order valence-corrected chi connectivity index (χ3v) is 6.21. The van der Waals surface area contributed by atoms with Gasteiger partial charge in [0.15, 0.2) is 5.69 Å². The molecule has 5 nitrogen and oxygen atoms in total. The molecule has 26 heavy (non-hydrogen) atoms. The van der Waals surface area contributed by atoms with Crippen molar-refractivity contribution in [2.45, 2.75) is 50.8 Å². The lowest BCUT2D eigenvalue weighted by Gasteiger charge is -2.60. The topological polar surface area (TPSA) is 58.4 Å². The van der Waals surface area contributed by atoms with E-state index in [1.807, 2.05) is 4.90 Å². The molecular weight excluding hydrogens is 347 g/mol. The zero-order valence-corrected chi connectivity index (χ0v) is 15.0. The average Bonchev–Trinajstić information content (AvgIpc) is 2.77. The Morgan fingerprint density at radius 3 is 2.46 bits per heavy atom. The van der Waals surface area contributed by atoms with Crippen molar-refractivity contribution in [2.75, 3.05) is 13.1 Å². The number of carbonyl (C=O) groups excluding carboxylic acids is 1. The van der Waals surface area contributed by atoms with E-state index in [1.165, 1.54) is 17.9 Å². The first kappa shape index (κ1) is 17.8. The van der Waals surface area contributed by atoms with Crippen LogP contribution in [0.15, 0.2) is 6.20 Å². The highest BCUT2D eigenvalue weighted by Gasteiger charge is 2.55. The number of aryl methyl sites for hydroxylation is 1. The minimum absolute atomic E-state index is 0.0667. The number of likely N-dealkylation sites (tertiary alicyclic amines) is 1. The van der Waals surface area contributed by atoms with Gasteiger partial charge in [0.1, 0.15) is 0 Å². The molecule has 144 valence electrons. The van der Waals surface area contributed by atoms with Crippen LogP contribution in [0.25, 0.3) is 0 Å². The highest BCUT2D eigenvalue weighted by molar-refractivity contribution is 5.81. The number of aromatic nitrogens is 2. The summed E-state index contributed by atoms with van der Waals surface area (Å²) in [5.74, 6) is 0.280. The van der Waals surface area contributed by atoms with Crippen molar-refractivity contribution < 1.29 is 23.1 Å². The summed E-state index contributed by atoms with van der Waals surface area (Å²) in [5.41, 5.74) is -1.11. The van der Waals surface area contributed by atoms with Crippen LogP contribution in [0.2, 0.25) is 0 Å². The molecule has 1 aromatic rings. The van der Waals surface area contributed by atoms with Crippen molar-refractivity contribution in [3.8, 4) is 0 Å². The molecule has 1 aliphatic heterocycles. The zero-order chi connectivity index (χ0) is 18.9. The number of hydrogen-bond acceptors (Lipinski definition) is 3. The number of aliphatic hydroxyl groups is 1. The molecule has 2 saturated carbocycles. The van der Waals surface area contributed by atoms with Crippen LogP contribution in [0.1, 0.15) is 43.9 Å². The molecule has 8 heteroatoms. The van der Waals surface area contributed by atoms with E-state index in [1.54, 1.807) is 6.92 Å². The van der Waals surface area contributed by atoms with Crippen LogP contribution in [-0.2, 0) is 24.4 Å². The number of nitrogens with zero attached hydrogens (tertiary/aromatic N) is 3. The summed E-state index contributed by atoms with van der Waals surface area (Å²) in [7, 11) is 1.51. The summed E-state index contributed by atoms with van der Waals surface area (Å²) in [5, 5.41) is 13.3. The standard InChI is InChI=1S/C18H24F3N3O2/c1-16(26)6-13(7-16)15(25)24-9-17(10-24)4-11(5-17)3-12-8-23(2)22-14(12)18(19,20)21/h8,11,13,26H,3-7,9-10H2,1-2H3. The molecule has 1 amide bonds. The van der Waals surface area contributed by atoms with Crippen LogP contribution in [-0.4, -0.2) is 44.4 Å². The van der Waals surface area contributed by atoms with Crippen molar-refractivity contribution in [1.29, 1.82) is 0 Å². The van der Waals surface area contributed by atoms with Gasteiger partial charge in [0.2, 0.25) is 5.91 Å². The molecule has 1 saturated heterocycles. The fourth-order valence-corrected chi connectivity index (χ4v) is 5.16. The van der Waals surface area contributed by atoms with Crippen LogP contribution in [0.4, 0.5) is 13.2 Å². The molecule has 0 radical (unpaired) electrons. The van der Waals surface area contributed by atoms with E-state index in [0.717, 1.165) is 12.8 Å². The van der Waals surface area contributed by atoms with Crippen LogP contribution < -0.4 is 0 Å². The van der Waals surface area contributed by atoms with Crippen LogP contribution in [0.3, 0.4) is 0 Å². The number of rotatable bonds is 3. The molecular formula is C18H24F3N3O2. The summed E-state index contributed by atoms with van der Waals surface area (Å²) >= 11 is 0. The lowest BCUT2D eigenvalue weighted by molar-refractivity contribution is -0.171. The smallest absolute Gasteiger partial charge is 0.390 e. The molecule has 0 bridgehead atoms. The largest absolute Gasteiger partial charge is 0.435 e. The second-order valence-corrected chi connectivity index (χ2v) is 8.95. The maximum absolute atomic E-state index is 13.0. The predicted octanol–water partition coefficient (Wildman–Crippen LogP) is 2.38. The maximum Gasteiger partial charge on any atom is 0.435 e. The molecule has 4 rings (SSSR count).